The van der Waals surface area contributed by atoms with Crippen molar-refractivity contribution < 1.29 is 23.8 Å². The number of para-hydroxylation sites is 1. The number of rotatable bonds is 3. The van der Waals surface area contributed by atoms with Crippen LogP contribution in [0.15, 0.2) is 60.3 Å². The molecule has 1 aliphatic carbocycles. The van der Waals surface area contributed by atoms with E-state index < -0.39 is 0 Å². The van der Waals surface area contributed by atoms with E-state index in [9.17, 15) is 9.59 Å². The van der Waals surface area contributed by atoms with Crippen molar-refractivity contribution in [2.24, 2.45) is 5.92 Å². The highest BCUT2D eigenvalue weighted by molar-refractivity contribution is 6.02. The first-order valence-corrected chi connectivity index (χ1v) is 10.7. The molecular weight excluding hydrogens is 394 g/mol. The van der Waals surface area contributed by atoms with E-state index in [0.717, 1.165) is 23.8 Å². The van der Waals surface area contributed by atoms with Crippen molar-refractivity contribution in [2.75, 3.05) is 6.61 Å². The third-order valence-electron chi connectivity index (χ3n) is 6.68. The van der Waals surface area contributed by atoms with E-state index in [2.05, 4.69) is 24.6 Å². The number of fused-ring (bicyclic) bond motifs is 4. The fourth-order valence-electron chi connectivity index (χ4n) is 4.76. The highest BCUT2D eigenvalue weighted by Gasteiger charge is 2.61. The third kappa shape index (κ3) is 3.65. The van der Waals surface area contributed by atoms with Crippen molar-refractivity contribution in [1.82, 2.24) is 4.98 Å². The fourth-order valence-corrected chi connectivity index (χ4v) is 4.76. The molecule has 0 unspecified atom stereocenters. The van der Waals surface area contributed by atoms with Gasteiger partial charge in [0, 0.05) is 23.1 Å². The Morgan fingerprint density at radius 2 is 2.16 bits per heavy atom. The molecule has 2 fully saturated rings. The predicted octanol–water partition coefficient (Wildman–Crippen LogP) is 4.15. The first-order valence-electron chi connectivity index (χ1n) is 10.7. The maximum Gasteiger partial charge on any atom is 0.340 e. The summed E-state index contributed by atoms with van der Waals surface area (Å²) in [5.74, 6) is -0.784. The van der Waals surface area contributed by atoms with Gasteiger partial charge in [0.15, 0.2) is 0 Å². The molecule has 3 aliphatic rings. The molecule has 1 aromatic carbocycles. The number of allylic oxidation sites excluding steroid dienone is 1. The number of benzene rings is 1. The Balaban J connectivity index is 1.31. The van der Waals surface area contributed by atoms with Gasteiger partial charge in [-0.15, -0.1) is 0 Å². The lowest BCUT2D eigenvalue weighted by Crippen LogP contribution is -2.29. The summed E-state index contributed by atoms with van der Waals surface area (Å²) >= 11 is 0. The summed E-state index contributed by atoms with van der Waals surface area (Å²) in [4.78, 5) is 29.2. The zero-order chi connectivity index (χ0) is 21.6. The Bertz CT molecular complexity index is 1100. The first kappa shape index (κ1) is 19.9. The molecule has 31 heavy (non-hydrogen) atoms. The molecule has 6 heteroatoms. The topological polar surface area (TPSA) is 78.0 Å². The van der Waals surface area contributed by atoms with Gasteiger partial charge in [-0.25, -0.2) is 9.59 Å². The van der Waals surface area contributed by atoms with Crippen LogP contribution in [0.1, 0.15) is 43.0 Å². The molecule has 6 nitrogen and oxygen atoms in total. The molecule has 0 amide bonds. The Hall–Kier alpha value is -2.99. The van der Waals surface area contributed by atoms with Crippen LogP contribution in [0.5, 0.6) is 0 Å². The second kappa shape index (κ2) is 7.61. The summed E-state index contributed by atoms with van der Waals surface area (Å²) in [7, 11) is 0. The van der Waals surface area contributed by atoms with Crippen LogP contribution >= 0.6 is 0 Å². The van der Waals surface area contributed by atoms with Gasteiger partial charge in [0.1, 0.15) is 18.8 Å². The molecular formula is C25H25NO5. The van der Waals surface area contributed by atoms with Crippen molar-refractivity contribution >= 4 is 22.8 Å². The maximum absolute atomic E-state index is 12.8. The Kier molecular flexibility index (Phi) is 4.89. The van der Waals surface area contributed by atoms with Gasteiger partial charge in [-0.1, -0.05) is 30.9 Å². The summed E-state index contributed by atoms with van der Waals surface area (Å²) in [5, 5.41) is 0.901. The number of aromatic nitrogens is 1. The molecule has 160 valence electrons. The number of pyridine rings is 1. The van der Waals surface area contributed by atoms with E-state index >= 15 is 0 Å². The van der Waals surface area contributed by atoms with E-state index in [1.807, 2.05) is 24.3 Å². The maximum atomic E-state index is 12.8. The van der Waals surface area contributed by atoms with Crippen LogP contribution in [-0.2, 0) is 19.0 Å². The minimum atomic E-state index is -0.387. The quantitative estimate of drug-likeness (QED) is 0.322. The largest absolute Gasteiger partial charge is 0.458 e. The summed E-state index contributed by atoms with van der Waals surface area (Å²) in [5.41, 5.74) is 2.37. The number of nitrogens with zero attached hydrogens (tertiary/aromatic N) is 1. The van der Waals surface area contributed by atoms with Gasteiger partial charge >= 0.3 is 11.9 Å². The third-order valence-corrected chi connectivity index (χ3v) is 6.68. The lowest BCUT2D eigenvalue weighted by atomic mass is 9.84. The number of esters is 2. The SMILES string of the molecule is C=C1C(=O)O[C@H]2[C@H]1CC/C(COC(=O)c1cccc3cccnc13)=C\CC[C@@]1(C)O[C@@H]21. The number of epoxide rings is 1. The average molecular weight is 419 g/mol. The molecule has 5 rings (SSSR count). The highest BCUT2D eigenvalue weighted by atomic mass is 16.6. The van der Waals surface area contributed by atoms with Gasteiger partial charge in [-0.05, 0) is 50.3 Å². The van der Waals surface area contributed by atoms with Gasteiger partial charge in [0.2, 0.25) is 0 Å². The molecule has 0 N–H and O–H groups in total. The van der Waals surface area contributed by atoms with Gasteiger partial charge in [-0.3, -0.25) is 4.98 Å². The molecule has 4 atom stereocenters. The van der Waals surface area contributed by atoms with Crippen LogP contribution in [-0.4, -0.2) is 41.3 Å². The van der Waals surface area contributed by atoms with Crippen molar-refractivity contribution in [1.29, 1.82) is 0 Å². The van der Waals surface area contributed by atoms with Crippen molar-refractivity contribution in [3.05, 3.63) is 65.9 Å². The number of hydrogen-bond donors (Lipinski definition) is 0. The summed E-state index contributed by atoms with van der Waals surface area (Å²) < 4.78 is 17.2. The van der Waals surface area contributed by atoms with Gasteiger partial charge in [-0.2, -0.15) is 0 Å². The molecule has 0 bridgehead atoms. The Morgan fingerprint density at radius 1 is 1.32 bits per heavy atom. The van der Waals surface area contributed by atoms with E-state index in [-0.39, 0.29) is 42.3 Å². The van der Waals surface area contributed by atoms with Crippen molar-refractivity contribution in [3.8, 4) is 0 Å². The normalized spacial score (nSPS) is 31.8. The minimum absolute atomic E-state index is 0.0626. The van der Waals surface area contributed by atoms with Crippen LogP contribution in [0.25, 0.3) is 10.9 Å². The van der Waals surface area contributed by atoms with Gasteiger partial charge in [0.25, 0.3) is 0 Å². The number of ether oxygens (including phenoxy) is 3. The summed E-state index contributed by atoms with van der Waals surface area (Å²) in [6.45, 7) is 6.22. The lowest BCUT2D eigenvalue weighted by Gasteiger charge is -2.20. The minimum Gasteiger partial charge on any atom is -0.458 e. The van der Waals surface area contributed by atoms with E-state index in [1.54, 1.807) is 12.3 Å². The second-order valence-corrected chi connectivity index (χ2v) is 8.75. The fraction of sp³-hybridized carbons (Fsp3) is 0.400. The van der Waals surface area contributed by atoms with E-state index in [0.29, 0.717) is 29.5 Å². The standard InChI is InChI=1S/C25H25NO5/c1-15-18-11-10-16(6-4-12-25(2)22(31-25)21(18)30-23(15)27)14-29-24(28)19-9-3-7-17-8-5-13-26-20(17)19/h3,5-9,13,18,21-22H,1,4,10-12,14H2,2H3/b16-6+/t18-,21-,22-,25+/m0/s1. The Labute approximate surface area is 180 Å². The monoisotopic (exact) mass is 419 g/mol. The number of carbonyl (C=O) groups is 2. The van der Waals surface area contributed by atoms with Gasteiger partial charge in [0.05, 0.1) is 16.7 Å². The number of hydrogen-bond acceptors (Lipinski definition) is 6. The molecule has 2 saturated heterocycles. The zero-order valence-electron chi connectivity index (χ0n) is 17.5. The van der Waals surface area contributed by atoms with Crippen LogP contribution in [0.4, 0.5) is 0 Å². The lowest BCUT2D eigenvalue weighted by molar-refractivity contribution is -0.140. The van der Waals surface area contributed by atoms with Crippen LogP contribution in [0.2, 0.25) is 0 Å². The molecule has 0 radical (unpaired) electrons. The van der Waals surface area contributed by atoms with E-state index in [4.69, 9.17) is 14.2 Å². The summed E-state index contributed by atoms with van der Waals surface area (Å²) in [6.07, 6.45) is 6.55. The molecule has 2 aliphatic heterocycles. The Morgan fingerprint density at radius 3 is 3.03 bits per heavy atom. The van der Waals surface area contributed by atoms with Gasteiger partial charge < -0.3 is 14.2 Å². The molecule has 1 aromatic heterocycles. The first-order chi connectivity index (χ1) is 15.0. The smallest absolute Gasteiger partial charge is 0.340 e. The molecule has 2 aromatic rings. The zero-order valence-corrected chi connectivity index (χ0v) is 17.5. The van der Waals surface area contributed by atoms with Crippen molar-refractivity contribution in [2.45, 2.75) is 50.4 Å². The summed E-state index contributed by atoms with van der Waals surface area (Å²) in [6, 6.07) is 9.26. The molecule has 0 spiro atoms. The second-order valence-electron chi connectivity index (χ2n) is 8.75. The predicted molar refractivity (Wildman–Crippen MR) is 114 cm³/mol. The molecule has 3 heterocycles. The average Bonchev–Trinajstić information content (AvgIpc) is 3.37. The van der Waals surface area contributed by atoms with Crippen molar-refractivity contribution in [3.63, 3.8) is 0 Å². The molecule has 0 saturated carbocycles. The van der Waals surface area contributed by atoms with Crippen LogP contribution in [0, 0.1) is 5.92 Å². The number of carbonyl (C=O) groups excluding carboxylic acids is 2. The van der Waals surface area contributed by atoms with Crippen LogP contribution in [0.3, 0.4) is 0 Å². The van der Waals surface area contributed by atoms with E-state index in [1.165, 1.54) is 0 Å². The highest BCUT2D eigenvalue weighted by Crippen LogP contribution is 2.49. The van der Waals surface area contributed by atoms with Crippen LogP contribution < -0.4 is 0 Å².